The third kappa shape index (κ3) is 3.45. The molecule has 3 nitrogen and oxygen atoms in total. The van der Waals surface area contributed by atoms with Gasteiger partial charge in [-0.15, -0.1) is 0 Å². The van der Waals surface area contributed by atoms with Crippen molar-refractivity contribution in [2.75, 3.05) is 20.3 Å². The summed E-state index contributed by atoms with van der Waals surface area (Å²) in [6.07, 6.45) is 0.727. The first-order chi connectivity index (χ1) is 8.13. The molecule has 0 spiro atoms. The largest absolute Gasteiger partial charge is 0.494 e. The van der Waals surface area contributed by atoms with Crippen LogP contribution < -0.4 is 10.1 Å². The highest BCUT2D eigenvalue weighted by atomic mass is 16.5. The fourth-order valence-electron chi connectivity index (χ4n) is 2.08. The van der Waals surface area contributed by atoms with Crippen LogP contribution in [0.2, 0.25) is 0 Å². The van der Waals surface area contributed by atoms with Crippen molar-refractivity contribution in [3.63, 3.8) is 0 Å². The molecule has 0 fully saturated rings. The molecule has 17 heavy (non-hydrogen) atoms. The molecule has 0 saturated heterocycles. The number of hydrogen-bond acceptors (Lipinski definition) is 3. The molecule has 0 aliphatic rings. The SMILES string of the molecule is CCOc1cc(C)c(C(CCO)NC)cc1C. The minimum atomic E-state index is 0.192. The van der Waals surface area contributed by atoms with Crippen LogP contribution in [0.4, 0.5) is 0 Å². The van der Waals surface area contributed by atoms with Gasteiger partial charge in [0.2, 0.25) is 0 Å². The molecule has 0 aliphatic carbocycles. The van der Waals surface area contributed by atoms with Crippen LogP contribution in [0, 0.1) is 13.8 Å². The Labute approximate surface area is 104 Å². The molecule has 1 rings (SSSR count). The van der Waals surface area contributed by atoms with Gasteiger partial charge in [-0.25, -0.2) is 0 Å². The Morgan fingerprint density at radius 1 is 1.29 bits per heavy atom. The van der Waals surface area contributed by atoms with Crippen molar-refractivity contribution in [1.29, 1.82) is 0 Å². The lowest BCUT2D eigenvalue weighted by Crippen LogP contribution is -2.19. The number of aliphatic hydroxyl groups excluding tert-OH is 1. The van der Waals surface area contributed by atoms with E-state index < -0.39 is 0 Å². The predicted molar refractivity (Wildman–Crippen MR) is 70.6 cm³/mol. The Morgan fingerprint density at radius 2 is 2.00 bits per heavy atom. The maximum Gasteiger partial charge on any atom is 0.122 e. The van der Waals surface area contributed by atoms with Gasteiger partial charge in [0, 0.05) is 12.6 Å². The van der Waals surface area contributed by atoms with Crippen molar-refractivity contribution in [2.24, 2.45) is 0 Å². The summed E-state index contributed by atoms with van der Waals surface area (Å²) in [6, 6.07) is 4.43. The van der Waals surface area contributed by atoms with Crippen LogP contribution in [0.5, 0.6) is 5.75 Å². The maximum atomic E-state index is 9.06. The summed E-state index contributed by atoms with van der Waals surface area (Å²) in [5, 5.41) is 12.3. The number of aliphatic hydroxyl groups is 1. The number of aryl methyl sites for hydroxylation is 2. The standard InChI is InChI=1S/C14H23NO2/c1-5-17-14-9-10(2)12(8-11(14)3)13(15-4)6-7-16/h8-9,13,15-16H,5-7H2,1-4H3. The molecule has 1 atom stereocenters. The lowest BCUT2D eigenvalue weighted by molar-refractivity contribution is 0.268. The Balaban J connectivity index is 3.04. The van der Waals surface area contributed by atoms with Gasteiger partial charge in [-0.05, 0) is 57.0 Å². The molecule has 0 bridgehead atoms. The van der Waals surface area contributed by atoms with Gasteiger partial charge in [-0.2, -0.15) is 0 Å². The van der Waals surface area contributed by atoms with E-state index in [2.05, 4.69) is 31.3 Å². The van der Waals surface area contributed by atoms with Crippen molar-refractivity contribution in [3.8, 4) is 5.75 Å². The van der Waals surface area contributed by atoms with Crippen LogP contribution >= 0.6 is 0 Å². The fraction of sp³-hybridized carbons (Fsp3) is 0.571. The Kier molecular flexibility index (Phi) is 5.45. The highest BCUT2D eigenvalue weighted by Crippen LogP contribution is 2.28. The van der Waals surface area contributed by atoms with Crippen molar-refractivity contribution in [3.05, 3.63) is 28.8 Å². The number of benzene rings is 1. The molecule has 0 amide bonds. The second kappa shape index (κ2) is 6.62. The lowest BCUT2D eigenvalue weighted by Gasteiger charge is -2.20. The van der Waals surface area contributed by atoms with E-state index in [1.54, 1.807) is 0 Å². The third-order valence-electron chi connectivity index (χ3n) is 3.01. The monoisotopic (exact) mass is 237 g/mol. The molecular weight excluding hydrogens is 214 g/mol. The molecule has 96 valence electrons. The van der Waals surface area contributed by atoms with Gasteiger partial charge in [0.15, 0.2) is 0 Å². The third-order valence-corrected chi connectivity index (χ3v) is 3.01. The number of hydrogen-bond donors (Lipinski definition) is 2. The van der Waals surface area contributed by atoms with E-state index >= 15 is 0 Å². The van der Waals surface area contributed by atoms with Gasteiger partial charge >= 0.3 is 0 Å². The van der Waals surface area contributed by atoms with Crippen molar-refractivity contribution < 1.29 is 9.84 Å². The van der Waals surface area contributed by atoms with Gasteiger partial charge < -0.3 is 15.2 Å². The van der Waals surface area contributed by atoms with E-state index in [-0.39, 0.29) is 12.6 Å². The second-order valence-electron chi connectivity index (χ2n) is 4.26. The smallest absolute Gasteiger partial charge is 0.122 e. The Hall–Kier alpha value is -1.06. The van der Waals surface area contributed by atoms with Crippen LogP contribution in [0.3, 0.4) is 0 Å². The predicted octanol–water partition coefficient (Wildman–Crippen LogP) is 2.35. The molecule has 0 aliphatic heterocycles. The Morgan fingerprint density at radius 3 is 2.53 bits per heavy atom. The summed E-state index contributed by atoms with van der Waals surface area (Å²) in [4.78, 5) is 0. The number of rotatable bonds is 6. The van der Waals surface area contributed by atoms with Gasteiger partial charge in [0.05, 0.1) is 6.61 Å². The first-order valence-corrected chi connectivity index (χ1v) is 6.16. The minimum absolute atomic E-state index is 0.192. The highest BCUT2D eigenvalue weighted by Gasteiger charge is 2.13. The van der Waals surface area contributed by atoms with Gasteiger partial charge in [-0.1, -0.05) is 6.07 Å². The molecule has 1 unspecified atom stereocenters. The van der Waals surface area contributed by atoms with E-state index in [9.17, 15) is 0 Å². The number of nitrogens with one attached hydrogen (secondary N) is 1. The molecule has 2 N–H and O–H groups in total. The molecule has 0 saturated carbocycles. The molecular formula is C14H23NO2. The molecule has 1 aromatic carbocycles. The zero-order valence-electron chi connectivity index (χ0n) is 11.2. The van der Waals surface area contributed by atoms with Crippen LogP contribution in [0.15, 0.2) is 12.1 Å². The zero-order chi connectivity index (χ0) is 12.8. The summed E-state index contributed by atoms with van der Waals surface area (Å²) < 4.78 is 5.58. The van der Waals surface area contributed by atoms with Crippen molar-refractivity contribution in [2.45, 2.75) is 33.2 Å². The molecule has 0 heterocycles. The van der Waals surface area contributed by atoms with Crippen LogP contribution in [0.1, 0.15) is 36.1 Å². The van der Waals surface area contributed by atoms with Gasteiger partial charge in [0.25, 0.3) is 0 Å². The molecule has 1 aromatic rings. The van der Waals surface area contributed by atoms with Crippen molar-refractivity contribution in [1.82, 2.24) is 5.32 Å². The van der Waals surface area contributed by atoms with E-state index in [0.29, 0.717) is 6.61 Å². The van der Waals surface area contributed by atoms with Crippen LogP contribution in [0.25, 0.3) is 0 Å². The normalized spacial score (nSPS) is 12.5. The van der Waals surface area contributed by atoms with Crippen LogP contribution in [-0.4, -0.2) is 25.4 Å². The molecule has 0 aromatic heterocycles. The fourth-order valence-corrected chi connectivity index (χ4v) is 2.08. The maximum absolute atomic E-state index is 9.06. The van der Waals surface area contributed by atoms with E-state index in [4.69, 9.17) is 9.84 Å². The summed E-state index contributed by atoms with van der Waals surface area (Å²) >= 11 is 0. The first kappa shape index (κ1) is 14.0. The Bertz CT molecular complexity index is 363. The highest BCUT2D eigenvalue weighted by molar-refractivity contribution is 5.42. The second-order valence-corrected chi connectivity index (χ2v) is 4.26. The zero-order valence-corrected chi connectivity index (χ0v) is 11.2. The van der Waals surface area contributed by atoms with Crippen molar-refractivity contribution >= 4 is 0 Å². The topological polar surface area (TPSA) is 41.5 Å². The van der Waals surface area contributed by atoms with Gasteiger partial charge in [0.1, 0.15) is 5.75 Å². The first-order valence-electron chi connectivity index (χ1n) is 6.16. The lowest BCUT2D eigenvalue weighted by atomic mass is 9.96. The average molecular weight is 237 g/mol. The van der Waals surface area contributed by atoms with Crippen LogP contribution in [-0.2, 0) is 0 Å². The minimum Gasteiger partial charge on any atom is -0.494 e. The molecule has 0 radical (unpaired) electrons. The quantitative estimate of drug-likeness (QED) is 0.798. The molecule has 3 heteroatoms. The van der Waals surface area contributed by atoms with E-state index in [1.165, 1.54) is 11.1 Å². The number of ether oxygens (including phenoxy) is 1. The summed E-state index contributed by atoms with van der Waals surface area (Å²) in [5.74, 6) is 0.951. The summed E-state index contributed by atoms with van der Waals surface area (Å²) in [6.45, 7) is 7.01. The summed E-state index contributed by atoms with van der Waals surface area (Å²) in [7, 11) is 1.92. The average Bonchev–Trinajstić information content (AvgIpc) is 2.31. The van der Waals surface area contributed by atoms with Gasteiger partial charge in [-0.3, -0.25) is 0 Å². The van der Waals surface area contributed by atoms with E-state index in [0.717, 1.165) is 17.7 Å². The summed E-state index contributed by atoms with van der Waals surface area (Å²) in [5.41, 5.74) is 3.58. The van der Waals surface area contributed by atoms with E-state index in [1.807, 2.05) is 14.0 Å².